The van der Waals surface area contributed by atoms with E-state index in [1.165, 1.54) is 12.2 Å². The van der Waals surface area contributed by atoms with Crippen LogP contribution in [-0.4, -0.2) is 47.4 Å². The van der Waals surface area contributed by atoms with Gasteiger partial charge in [0.2, 0.25) is 5.78 Å². The number of rotatable bonds is 17. The van der Waals surface area contributed by atoms with E-state index in [9.17, 15) is 28.2 Å². The molecule has 40 heavy (non-hydrogen) atoms. The first kappa shape index (κ1) is 37.5. The maximum absolute atomic E-state index is 13.3. The number of aliphatic hydroxyl groups excluding tert-OH is 1. The van der Waals surface area contributed by atoms with Gasteiger partial charge in [0.1, 0.15) is 0 Å². The third-order valence-electron chi connectivity index (χ3n) is 5.81. The largest absolute Gasteiger partial charge is 0.421 e. The Morgan fingerprint density at radius 1 is 0.775 bits per heavy atom. The van der Waals surface area contributed by atoms with E-state index < -0.39 is 38.6 Å². The van der Waals surface area contributed by atoms with E-state index >= 15 is 0 Å². The lowest BCUT2D eigenvalue weighted by molar-refractivity contribution is -0.190. The van der Waals surface area contributed by atoms with Crippen LogP contribution in [0.15, 0.2) is 69.9 Å². The average molecular weight is 579 g/mol. The summed E-state index contributed by atoms with van der Waals surface area (Å²) in [6.45, 7) is 16.3. The molecule has 0 saturated heterocycles. The predicted octanol–water partition coefficient (Wildman–Crippen LogP) is 6.60. The fraction of sp³-hybridized carbons (Fsp3) is 0.562. The first-order chi connectivity index (χ1) is 18.4. The molecule has 2 atom stereocenters. The molecule has 0 aliphatic carbocycles. The van der Waals surface area contributed by atoms with E-state index in [0.29, 0.717) is 31.3 Å². The fourth-order valence-corrected chi connectivity index (χ4v) is 5.10. The zero-order valence-electron chi connectivity index (χ0n) is 25.8. The van der Waals surface area contributed by atoms with Gasteiger partial charge in [0.25, 0.3) is 5.79 Å². The van der Waals surface area contributed by atoms with Gasteiger partial charge in [-0.3, -0.25) is 9.59 Å². The van der Waals surface area contributed by atoms with E-state index in [1.54, 1.807) is 13.8 Å². The molecule has 0 amide bonds. The SMILES string of the molecule is CC(=O)OC(O)(/C=C(\C)CCC=C(C)C)C(=O)/C=C(\CCC=C(C)C)CS(=O)(=O)C(O)/C=C(\C)CCC=C(C)C. The van der Waals surface area contributed by atoms with Gasteiger partial charge in [0.05, 0.1) is 5.75 Å². The van der Waals surface area contributed by atoms with Gasteiger partial charge in [0.15, 0.2) is 15.3 Å². The lowest BCUT2D eigenvalue weighted by atomic mass is 10.0. The zero-order chi connectivity index (χ0) is 31.1. The fourth-order valence-electron chi connectivity index (χ4n) is 3.75. The third-order valence-corrected chi connectivity index (χ3v) is 7.46. The lowest BCUT2D eigenvalue weighted by Crippen LogP contribution is -2.40. The number of sulfone groups is 1. The second-order valence-corrected chi connectivity index (χ2v) is 13.2. The van der Waals surface area contributed by atoms with Gasteiger partial charge in [-0.1, -0.05) is 51.7 Å². The quantitative estimate of drug-likeness (QED) is 0.0864. The second-order valence-electron chi connectivity index (χ2n) is 11.1. The highest BCUT2D eigenvalue weighted by Gasteiger charge is 2.36. The van der Waals surface area contributed by atoms with Crippen molar-refractivity contribution in [2.24, 2.45) is 0 Å². The Labute approximate surface area is 242 Å². The van der Waals surface area contributed by atoms with Crippen LogP contribution in [0.25, 0.3) is 0 Å². The van der Waals surface area contributed by atoms with Gasteiger partial charge in [-0.25, -0.2) is 8.42 Å². The number of allylic oxidation sites excluding steroid dienone is 8. The monoisotopic (exact) mass is 578 g/mol. The molecule has 226 valence electrons. The highest BCUT2D eigenvalue weighted by atomic mass is 32.2. The summed E-state index contributed by atoms with van der Waals surface area (Å²) in [5, 5.41) is 21.6. The molecule has 0 bridgehead atoms. The molecule has 7 nitrogen and oxygen atoms in total. The van der Waals surface area contributed by atoms with Gasteiger partial charge < -0.3 is 14.9 Å². The van der Waals surface area contributed by atoms with Crippen molar-refractivity contribution in [3.63, 3.8) is 0 Å². The predicted molar refractivity (Wildman–Crippen MR) is 163 cm³/mol. The number of ether oxygens (including phenoxy) is 1. The minimum absolute atomic E-state index is 0.193. The Morgan fingerprint density at radius 2 is 1.23 bits per heavy atom. The molecule has 0 heterocycles. The molecule has 0 aliphatic rings. The number of aliphatic hydroxyl groups is 2. The van der Waals surface area contributed by atoms with Crippen LogP contribution in [0.3, 0.4) is 0 Å². The normalized spacial score (nSPS) is 15.0. The van der Waals surface area contributed by atoms with Crippen LogP contribution in [0.1, 0.15) is 101 Å². The van der Waals surface area contributed by atoms with Crippen molar-refractivity contribution >= 4 is 21.6 Å². The summed E-state index contributed by atoms with van der Waals surface area (Å²) in [6.07, 6.45) is 12.7. The standard InChI is InChI=1S/C32H50O7S/c1-23(2)13-10-16-26(7)19-31(35)40(37,38)22-29(18-12-15-25(5)6)20-30(34)32(36,39-28(9)33)21-27(8)17-11-14-24(3)4/h13-15,19-21,31,35-36H,10-12,16-18,22H2,1-9H3/b26-19+,27-21+,29-20+. The Kier molecular flexibility index (Phi) is 16.8. The van der Waals surface area contributed by atoms with Crippen LogP contribution < -0.4 is 0 Å². The number of ketones is 1. The van der Waals surface area contributed by atoms with Crippen molar-refractivity contribution in [2.75, 3.05) is 5.75 Å². The van der Waals surface area contributed by atoms with Crippen molar-refractivity contribution in [2.45, 2.75) is 112 Å². The summed E-state index contributed by atoms with van der Waals surface area (Å²) >= 11 is 0. The van der Waals surface area contributed by atoms with Gasteiger partial charge in [0, 0.05) is 6.92 Å². The molecule has 0 fully saturated rings. The van der Waals surface area contributed by atoms with E-state index in [4.69, 9.17) is 4.74 Å². The Morgan fingerprint density at radius 3 is 1.68 bits per heavy atom. The number of carbonyl (C=O) groups excluding carboxylic acids is 2. The topological polar surface area (TPSA) is 118 Å². The first-order valence-electron chi connectivity index (χ1n) is 13.7. The number of hydrogen-bond acceptors (Lipinski definition) is 7. The molecule has 0 aromatic heterocycles. The summed E-state index contributed by atoms with van der Waals surface area (Å²) in [4.78, 5) is 25.1. The van der Waals surface area contributed by atoms with Crippen LogP contribution in [0.5, 0.6) is 0 Å². The summed E-state index contributed by atoms with van der Waals surface area (Å²) in [7, 11) is -4.09. The van der Waals surface area contributed by atoms with Crippen molar-refractivity contribution in [3.8, 4) is 0 Å². The van der Waals surface area contributed by atoms with Crippen LogP contribution in [0.2, 0.25) is 0 Å². The van der Waals surface area contributed by atoms with Gasteiger partial charge in [-0.15, -0.1) is 0 Å². The number of carbonyl (C=O) groups is 2. The molecule has 0 saturated carbocycles. The van der Waals surface area contributed by atoms with Gasteiger partial charge in [-0.05, 0) is 112 Å². The Bertz CT molecular complexity index is 1150. The molecule has 2 unspecified atom stereocenters. The van der Waals surface area contributed by atoms with Crippen molar-refractivity contribution < 1.29 is 33.0 Å². The van der Waals surface area contributed by atoms with Gasteiger partial charge in [-0.2, -0.15) is 0 Å². The summed E-state index contributed by atoms with van der Waals surface area (Å²) < 4.78 is 31.2. The lowest BCUT2D eigenvalue weighted by Gasteiger charge is -2.23. The van der Waals surface area contributed by atoms with E-state index in [1.807, 2.05) is 59.8 Å². The smallest absolute Gasteiger partial charge is 0.305 e. The first-order valence-corrected chi connectivity index (χ1v) is 15.4. The molecular weight excluding hydrogens is 528 g/mol. The molecule has 0 aliphatic heterocycles. The Balaban J connectivity index is 6.24. The third kappa shape index (κ3) is 16.5. The Hall–Kier alpha value is -2.55. The number of esters is 1. The maximum atomic E-state index is 13.3. The molecule has 2 N–H and O–H groups in total. The maximum Gasteiger partial charge on any atom is 0.305 e. The zero-order valence-corrected chi connectivity index (χ0v) is 26.7. The molecule has 0 spiro atoms. The molecule has 0 rings (SSSR count). The van der Waals surface area contributed by atoms with Crippen LogP contribution in [0, 0.1) is 0 Å². The highest BCUT2D eigenvalue weighted by Crippen LogP contribution is 2.22. The minimum Gasteiger partial charge on any atom is -0.421 e. The molecular formula is C32H50O7S. The summed E-state index contributed by atoms with van der Waals surface area (Å²) in [6, 6.07) is 0. The van der Waals surface area contributed by atoms with E-state index in [-0.39, 0.29) is 12.0 Å². The summed E-state index contributed by atoms with van der Waals surface area (Å²) in [5.41, 5.74) is 3.12. The average Bonchev–Trinajstić information content (AvgIpc) is 2.77. The second kappa shape index (κ2) is 18.0. The highest BCUT2D eigenvalue weighted by molar-refractivity contribution is 7.92. The van der Waals surface area contributed by atoms with E-state index in [2.05, 4.69) is 0 Å². The van der Waals surface area contributed by atoms with Gasteiger partial charge >= 0.3 is 5.97 Å². The summed E-state index contributed by atoms with van der Waals surface area (Å²) in [5.74, 6) is -4.99. The van der Waals surface area contributed by atoms with Crippen LogP contribution >= 0.6 is 0 Å². The minimum atomic E-state index is -4.09. The molecule has 0 aromatic rings. The molecule has 0 aromatic carbocycles. The molecule has 0 radical (unpaired) electrons. The van der Waals surface area contributed by atoms with Crippen molar-refractivity contribution in [1.29, 1.82) is 0 Å². The number of hydrogen-bond donors (Lipinski definition) is 2. The van der Waals surface area contributed by atoms with E-state index in [0.717, 1.165) is 41.7 Å². The van der Waals surface area contributed by atoms with Crippen molar-refractivity contribution in [1.82, 2.24) is 0 Å². The van der Waals surface area contributed by atoms with Crippen LogP contribution in [-0.2, 0) is 24.2 Å². The molecule has 8 heteroatoms. The van der Waals surface area contributed by atoms with Crippen molar-refractivity contribution in [3.05, 3.63) is 69.9 Å². The van der Waals surface area contributed by atoms with Crippen LogP contribution in [0.4, 0.5) is 0 Å².